The molecule has 0 saturated carbocycles. The first-order chi connectivity index (χ1) is 11.0. The van der Waals surface area contributed by atoms with Gasteiger partial charge in [-0.25, -0.2) is 0 Å². The lowest BCUT2D eigenvalue weighted by molar-refractivity contribution is 0.359. The number of benzene rings is 1. The van der Waals surface area contributed by atoms with Gasteiger partial charge in [0.05, 0.1) is 0 Å². The molecule has 1 atom stereocenters. The molecule has 5 heteroatoms. The maximum Gasteiger partial charge on any atom is 0.253 e. The second kappa shape index (κ2) is 6.71. The quantitative estimate of drug-likeness (QED) is 0.751. The SMILES string of the molecule is Cc1cc(Br)cc(C)c1CNc1c(NC(C)C(C)(C)C)c(=O)c1=O. The Balaban J connectivity index is 2.19. The summed E-state index contributed by atoms with van der Waals surface area (Å²) in [6.07, 6.45) is 0. The molecule has 1 unspecified atom stereocenters. The molecule has 0 aliphatic heterocycles. The van der Waals surface area contributed by atoms with Crippen LogP contribution in [-0.2, 0) is 6.54 Å². The van der Waals surface area contributed by atoms with Crippen LogP contribution in [0.2, 0.25) is 0 Å². The minimum absolute atomic E-state index is 0.00406. The lowest BCUT2D eigenvalue weighted by Crippen LogP contribution is -2.42. The van der Waals surface area contributed by atoms with Crippen LogP contribution in [0.5, 0.6) is 0 Å². The van der Waals surface area contributed by atoms with Crippen molar-refractivity contribution in [2.45, 2.75) is 54.1 Å². The fourth-order valence-corrected chi connectivity index (χ4v) is 3.21. The van der Waals surface area contributed by atoms with Crippen LogP contribution < -0.4 is 21.5 Å². The maximum absolute atomic E-state index is 11.9. The maximum atomic E-state index is 11.9. The largest absolute Gasteiger partial charge is 0.377 e. The van der Waals surface area contributed by atoms with E-state index in [9.17, 15) is 9.59 Å². The third-order valence-electron chi connectivity index (χ3n) is 4.67. The molecule has 0 aliphatic rings. The Hall–Kier alpha value is -1.62. The standard InChI is InChI=1S/C19H25BrN2O2/c1-10-7-13(20)8-11(2)14(10)9-21-15-16(18(24)17(15)23)22-12(3)19(4,5)6/h7-8,12,21-22H,9H2,1-6H3. The topological polar surface area (TPSA) is 58.2 Å². The van der Waals surface area contributed by atoms with E-state index in [0.29, 0.717) is 17.9 Å². The zero-order chi connectivity index (χ0) is 18.2. The second-order valence-electron chi connectivity index (χ2n) is 7.51. The van der Waals surface area contributed by atoms with Crippen LogP contribution in [0.15, 0.2) is 26.2 Å². The Morgan fingerprint density at radius 1 is 1.04 bits per heavy atom. The molecule has 2 N–H and O–H groups in total. The zero-order valence-corrected chi connectivity index (χ0v) is 16.7. The van der Waals surface area contributed by atoms with Crippen LogP contribution in [-0.4, -0.2) is 6.04 Å². The highest BCUT2D eigenvalue weighted by Crippen LogP contribution is 2.26. The lowest BCUT2D eigenvalue weighted by atomic mass is 9.87. The average Bonchev–Trinajstić information content (AvgIpc) is 2.46. The molecule has 0 bridgehead atoms. The highest BCUT2D eigenvalue weighted by molar-refractivity contribution is 9.10. The second-order valence-corrected chi connectivity index (χ2v) is 8.43. The number of rotatable bonds is 5. The van der Waals surface area contributed by atoms with E-state index in [2.05, 4.69) is 47.3 Å². The van der Waals surface area contributed by atoms with Crippen LogP contribution in [0.4, 0.5) is 11.4 Å². The lowest BCUT2D eigenvalue weighted by Gasteiger charge is -2.30. The van der Waals surface area contributed by atoms with E-state index < -0.39 is 10.9 Å². The molecule has 24 heavy (non-hydrogen) atoms. The first-order valence-corrected chi connectivity index (χ1v) is 8.91. The Bertz CT molecular complexity index is 804. The van der Waals surface area contributed by atoms with Crippen LogP contribution in [0.25, 0.3) is 0 Å². The van der Waals surface area contributed by atoms with Gasteiger partial charge in [-0.3, -0.25) is 9.59 Å². The van der Waals surface area contributed by atoms with Gasteiger partial charge in [0.15, 0.2) is 0 Å². The molecule has 0 amide bonds. The van der Waals surface area contributed by atoms with Crippen molar-refractivity contribution in [1.29, 1.82) is 0 Å². The van der Waals surface area contributed by atoms with Crippen molar-refractivity contribution in [3.05, 3.63) is 53.7 Å². The Labute approximate surface area is 151 Å². The summed E-state index contributed by atoms with van der Waals surface area (Å²) in [7, 11) is 0. The van der Waals surface area contributed by atoms with E-state index in [-0.39, 0.29) is 11.5 Å². The van der Waals surface area contributed by atoms with Crippen LogP contribution in [0.1, 0.15) is 44.4 Å². The van der Waals surface area contributed by atoms with Gasteiger partial charge in [0, 0.05) is 17.1 Å². The molecule has 0 heterocycles. The van der Waals surface area contributed by atoms with Gasteiger partial charge in [0.2, 0.25) is 0 Å². The minimum atomic E-state index is -0.439. The number of hydrogen-bond acceptors (Lipinski definition) is 4. The van der Waals surface area contributed by atoms with E-state index in [4.69, 9.17) is 0 Å². The van der Waals surface area contributed by atoms with E-state index >= 15 is 0 Å². The Morgan fingerprint density at radius 3 is 2.04 bits per heavy atom. The van der Waals surface area contributed by atoms with Crippen LogP contribution in [0.3, 0.4) is 0 Å². The molecule has 0 aliphatic carbocycles. The summed E-state index contributed by atoms with van der Waals surface area (Å²) in [5.74, 6) is 0. The summed E-state index contributed by atoms with van der Waals surface area (Å²) >= 11 is 3.49. The third-order valence-corrected chi connectivity index (χ3v) is 5.13. The van der Waals surface area contributed by atoms with Crippen LogP contribution >= 0.6 is 15.9 Å². The van der Waals surface area contributed by atoms with Gasteiger partial charge in [0.25, 0.3) is 10.9 Å². The number of halogens is 1. The van der Waals surface area contributed by atoms with Crippen molar-refractivity contribution in [2.24, 2.45) is 5.41 Å². The molecule has 0 aromatic heterocycles. The van der Waals surface area contributed by atoms with E-state index in [0.717, 1.165) is 21.2 Å². The first-order valence-electron chi connectivity index (χ1n) is 8.11. The number of anilines is 2. The molecule has 2 rings (SSSR count). The van der Waals surface area contributed by atoms with Crippen LogP contribution in [0, 0.1) is 19.3 Å². The Morgan fingerprint density at radius 2 is 1.54 bits per heavy atom. The predicted octanol–water partition coefficient (Wildman–Crippen LogP) is 4.12. The fraction of sp³-hybridized carbons (Fsp3) is 0.474. The third kappa shape index (κ3) is 3.72. The van der Waals surface area contributed by atoms with Gasteiger partial charge in [-0.2, -0.15) is 0 Å². The zero-order valence-electron chi connectivity index (χ0n) is 15.1. The van der Waals surface area contributed by atoms with E-state index in [1.54, 1.807) is 0 Å². The summed E-state index contributed by atoms with van der Waals surface area (Å²) in [6, 6.07) is 4.18. The van der Waals surface area contributed by atoms with Gasteiger partial charge < -0.3 is 10.6 Å². The molecule has 0 radical (unpaired) electrons. The molecule has 0 spiro atoms. The molecule has 130 valence electrons. The van der Waals surface area contributed by atoms with Crippen molar-refractivity contribution >= 4 is 27.3 Å². The number of hydrogen-bond donors (Lipinski definition) is 2. The van der Waals surface area contributed by atoms with Crippen molar-refractivity contribution in [3.8, 4) is 0 Å². The summed E-state index contributed by atoms with van der Waals surface area (Å²) in [5, 5.41) is 6.36. The molecule has 2 aromatic rings. The molecule has 0 saturated heterocycles. The minimum Gasteiger partial charge on any atom is -0.377 e. The highest BCUT2D eigenvalue weighted by Gasteiger charge is 2.26. The number of nitrogens with one attached hydrogen (secondary N) is 2. The normalized spacial score (nSPS) is 13.1. The van der Waals surface area contributed by atoms with Crippen molar-refractivity contribution in [2.75, 3.05) is 10.6 Å². The summed E-state index contributed by atoms with van der Waals surface area (Å²) < 4.78 is 1.04. The fourth-order valence-electron chi connectivity index (χ4n) is 2.53. The smallest absolute Gasteiger partial charge is 0.253 e. The molecule has 0 fully saturated rings. The first kappa shape index (κ1) is 18.7. The van der Waals surface area contributed by atoms with Crippen molar-refractivity contribution in [3.63, 3.8) is 0 Å². The van der Waals surface area contributed by atoms with E-state index in [1.165, 1.54) is 0 Å². The number of aryl methyl sites for hydroxylation is 2. The van der Waals surface area contributed by atoms with Gasteiger partial charge >= 0.3 is 0 Å². The van der Waals surface area contributed by atoms with Crippen molar-refractivity contribution in [1.82, 2.24) is 0 Å². The molecular weight excluding hydrogens is 368 g/mol. The molecule has 4 nitrogen and oxygen atoms in total. The van der Waals surface area contributed by atoms with Gasteiger partial charge in [-0.15, -0.1) is 0 Å². The van der Waals surface area contributed by atoms with E-state index in [1.807, 2.05) is 32.9 Å². The molecule has 2 aromatic carbocycles. The summed E-state index contributed by atoms with van der Waals surface area (Å²) in [6.45, 7) is 12.9. The molecular formula is C19H25BrN2O2. The summed E-state index contributed by atoms with van der Waals surface area (Å²) in [5.41, 5.74) is 3.37. The van der Waals surface area contributed by atoms with Gasteiger partial charge in [-0.05, 0) is 55.0 Å². The average molecular weight is 393 g/mol. The summed E-state index contributed by atoms with van der Waals surface area (Å²) in [4.78, 5) is 23.8. The van der Waals surface area contributed by atoms with Crippen molar-refractivity contribution < 1.29 is 0 Å². The predicted molar refractivity (Wildman–Crippen MR) is 105 cm³/mol. The highest BCUT2D eigenvalue weighted by atomic mass is 79.9. The Kier molecular flexibility index (Phi) is 5.23. The van der Waals surface area contributed by atoms with Gasteiger partial charge in [-0.1, -0.05) is 36.7 Å². The monoisotopic (exact) mass is 392 g/mol. The van der Waals surface area contributed by atoms with Gasteiger partial charge in [0.1, 0.15) is 11.4 Å².